The third-order valence-corrected chi connectivity index (χ3v) is 3.74. The summed E-state index contributed by atoms with van der Waals surface area (Å²) >= 11 is 11.5. The monoisotopic (exact) mass is 282 g/mol. The van der Waals surface area contributed by atoms with Gasteiger partial charge in [-0.3, -0.25) is 9.69 Å². The molecule has 0 saturated carbocycles. The van der Waals surface area contributed by atoms with Crippen LogP contribution in [0.2, 0.25) is 0 Å². The standard InChI is InChI=1S/C11H20Cl2N2O2/c1-11(13,9-12)10(16)14-3-2-4-15-5-7-17-8-6-15/h2-9H2,1H3,(H,14,16)/t11-/m1/s1. The number of nitrogens with zero attached hydrogens (tertiary/aromatic N) is 1. The SMILES string of the molecule is C[C@@](Cl)(CCl)C(=O)NCCCN1CCOCC1. The van der Waals surface area contributed by atoms with Crippen LogP contribution in [0.15, 0.2) is 0 Å². The first kappa shape index (κ1) is 15.0. The summed E-state index contributed by atoms with van der Waals surface area (Å²) < 4.78 is 5.26. The van der Waals surface area contributed by atoms with Gasteiger partial charge in [-0.1, -0.05) is 0 Å². The van der Waals surface area contributed by atoms with Gasteiger partial charge in [0, 0.05) is 19.6 Å². The summed E-state index contributed by atoms with van der Waals surface area (Å²) in [4.78, 5) is 12.9. The fraction of sp³-hybridized carbons (Fsp3) is 0.909. The van der Waals surface area contributed by atoms with Gasteiger partial charge < -0.3 is 10.1 Å². The van der Waals surface area contributed by atoms with Crippen LogP contribution in [0, 0.1) is 0 Å². The fourth-order valence-corrected chi connectivity index (χ4v) is 1.76. The Morgan fingerprint density at radius 3 is 2.71 bits per heavy atom. The second-order valence-electron chi connectivity index (χ2n) is 4.39. The average molecular weight is 283 g/mol. The van der Waals surface area contributed by atoms with Gasteiger partial charge in [0.05, 0.1) is 19.1 Å². The highest BCUT2D eigenvalue weighted by atomic mass is 35.5. The van der Waals surface area contributed by atoms with Crippen molar-refractivity contribution in [2.75, 3.05) is 45.3 Å². The van der Waals surface area contributed by atoms with Gasteiger partial charge in [-0.05, 0) is 19.9 Å². The number of rotatable bonds is 6. The molecule has 0 aromatic heterocycles. The summed E-state index contributed by atoms with van der Waals surface area (Å²) in [7, 11) is 0. The molecule has 0 aromatic rings. The number of halogens is 2. The second-order valence-corrected chi connectivity index (χ2v) is 5.50. The van der Waals surface area contributed by atoms with Crippen LogP contribution in [0.3, 0.4) is 0 Å². The average Bonchev–Trinajstić information content (AvgIpc) is 2.35. The molecule has 100 valence electrons. The highest BCUT2D eigenvalue weighted by Crippen LogP contribution is 2.15. The highest BCUT2D eigenvalue weighted by molar-refractivity contribution is 6.39. The minimum atomic E-state index is -0.999. The Morgan fingerprint density at radius 1 is 1.47 bits per heavy atom. The Morgan fingerprint density at radius 2 is 2.12 bits per heavy atom. The van der Waals surface area contributed by atoms with E-state index in [0.29, 0.717) is 6.54 Å². The molecule has 0 aromatic carbocycles. The van der Waals surface area contributed by atoms with Crippen molar-refractivity contribution in [2.24, 2.45) is 0 Å². The van der Waals surface area contributed by atoms with E-state index in [1.807, 2.05) is 0 Å². The van der Waals surface area contributed by atoms with Gasteiger partial charge in [0.1, 0.15) is 4.87 Å². The van der Waals surface area contributed by atoms with Crippen LogP contribution in [0.1, 0.15) is 13.3 Å². The topological polar surface area (TPSA) is 41.6 Å². The second kappa shape index (κ2) is 7.41. The lowest BCUT2D eigenvalue weighted by Gasteiger charge is -2.26. The van der Waals surface area contributed by atoms with Gasteiger partial charge in [-0.2, -0.15) is 0 Å². The van der Waals surface area contributed by atoms with Gasteiger partial charge in [0.25, 0.3) is 0 Å². The molecule has 0 radical (unpaired) electrons. The zero-order chi connectivity index (χ0) is 12.7. The molecule has 0 unspecified atom stereocenters. The van der Waals surface area contributed by atoms with Crippen LogP contribution >= 0.6 is 23.2 Å². The quantitative estimate of drug-likeness (QED) is 0.585. The van der Waals surface area contributed by atoms with E-state index in [4.69, 9.17) is 27.9 Å². The molecule has 0 spiro atoms. The first-order valence-electron chi connectivity index (χ1n) is 5.89. The van der Waals surface area contributed by atoms with E-state index < -0.39 is 4.87 Å². The maximum Gasteiger partial charge on any atom is 0.242 e. The normalized spacial score (nSPS) is 20.9. The van der Waals surface area contributed by atoms with Gasteiger partial charge in [0.2, 0.25) is 5.91 Å². The lowest BCUT2D eigenvalue weighted by Crippen LogP contribution is -2.43. The number of morpholine rings is 1. The molecular weight excluding hydrogens is 263 g/mol. The third-order valence-electron chi connectivity index (χ3n) is 2.76. The predicted octanol–water partition coefficient (Wildman–Crippen LogP) is 1.06. The van der Waals surface area contributed by atoms with Gasteiger partial charge >= 0.3 is 0 Å². The van der Waals surface area contributed by atoms with E-state index in [2.05, 4.69) is 10.2 Å². The van der Waals surface area contributed by atoms with E-state index >= 15 is 0 Å². The molecule has 4 nitrogen and oxygen atoms in total. The summed E-state index contributed by atoms with van der Waals surface area (Å²) in [5.41, 5.74) is 0. The van der Waals surface area contributed by atoms with Crippen LogP contribution < -0.4 is 5.32 Å². The largest absolute Gasteiger partial charge is 0.379 e. The van der Waals surface area contributed by atoms with Crippen molar-refractivity contribution in [3.63, 3.8) is 0 Å². The molecule has 1 fully saturated rings. The van der Waals surface area contributed by atoms with Crippen LogP contribution in [-0.4, -0.2) is 61.0 Å². The molecule has 1 amide bonds. The molecule has 1 aliphatic rings. The summed E-state index contributed by atoms with van der Waals surface area (Å²) in [5.74, 6) is -0.0831. The number of nitrogens with one attached hydrogen (secondary N) is 1. The molecule has 1 N–H and O–H groups in total. The van der Waals surface area contributed by atoms with Crippen molar-refractivity contribution in [3.05, 3.63) is 0 Å². The molecule has 0 bridgehead atoms. The van der Waals surface area contributed by atoms with Crippen molar-refractivity contribution in [1.82, 2.24) is 10.2 Å². The van der Waals surface area contributed by atoms with Crippen molar-refractivity contribution in [3.8, 4) is 0 Å². The van der Waals surface area contributed by atoms with Gasteiger partial charge in [0.15, 0.2) is 0 Å². The van der Waals surface area contributed by atoms with Crippen molar-refractivity contribution in [1.29, 1.82) is 0 Å². The van der Waals surface area contributed by atoms with Crippen LogP contribution in [0.4, 0.5) is 0 Å². The Labute approximate surface area is 113 Å². The zero-order valence-electron chi connectivity index (χ0n) is 10.2. The highest BCUT2D eigenvalue weighted by Gasteiger charge is 2.28. The molecule has 1 heterocycles. The number of alkyl halides is 2. The van der Waals surface area contributed by atoms with Crippen molar-refractivity contribution in [2.45, 2.75) is 18.2 Å². The maximum atomic E-state index is 11.6. The molecule has 6 heteroatoms. The molecule has 1 saturated heterocycles. The Balaban J connectivity index is 2.09. The number of hydrogen-bond donors (Lipinski definition) is 1. The van der Waals surface area contributed by atoms with Crippen LogP contribution in [0.5, 0.6) is 0 Å². The first-order chi connectivity index (χ1) is 8.06. The van der Waals surface area contributed by atoms with E-state index in [1.54, 1.807) is 6.92 Å². The molecule has 1 rings (SSSR count). The number of hydrogen-bond acceptors (Lipinski definition) is 3. The molecule has 17 heavy (non-hydrogen) atoms. The first-order valence-corrected chi connectivity index (χ1v) is 6.81. The molecule has 1 aliphatic heterocycles. The van der Waals surface area contributed by atoms with Gasteiger partial charge in [-0.25, -0.2) is 0 Å². The number of amides is 1. The molecule has 0 aliphatic carbocycles. The van der Waals surface area contributed by atoms with Crippen LogP contribution in [-0.2, 0) is 9.53 Å². The molecule has 1 atom stereocenters. The van der Waals surface area contributed by atoms with Crippen LogP contribution in [0.25, 0.3) is 0 Å². The number of carbonyl (C=O) groups is 1. The van der Waals surface area contributed by atoms with E-state index in [-0.39, 0.29) is 11.8 Å². The van der Waals surface area contributed by atoms with E-state index in [0.717, 1.165) is 39.3 Å². The van der Waals surface area contributed by atoms with E-state index in [9.17, 15) is 4.79 Å². The minimum absolute atomic E-state index is 0.115. The third kappa shape index (κ3) is 5.42. The summed E-state index contributed by atoms with van der Waals surface area (Å²) in [6.45, 7) is 6.79. The maximum absolute atomic E-state index is 11.6. The van der Waals surface area contributed by atoms with Crippen molar-refractivity contribution >= 4 is 29.1 Å². The lowest BCUT2D eigenvalue weighted by molar-refractivity contribution is -0.122. The summed E-state index contributed by atoms with van der Waals surface area (Å²) in [6.07, 6.45) is 0.918. The Hall–Kier alpha value is -0.0300. The Kier molecular flexibility index (Phi) is 6.55. The fourth-order valence-electron chi connectivity index (χ4n) is 1.57. The minimum Gasteiger partial charge on any atom is -0.379 e. The molecular formula is C11H20Cl2N2O2. The zero-order valence-corrected chi connectivity index (χ0v) is 11.7. The lowest BCUT2D eigenvalue weighted by atomic mass is 10.2. The van der Waals surface area contributed by atoms with Gasteiger partial charge in [-0.15, -0.1) is 23.2 Å². The number of carbonyl (C=O) groups excluding carboxylic acids is 1. The number of ether oxygens (including phenoxy) is 1. The summed E-state index contributed by atoms with van der Waals surface area (Å²) in [5, 5.41) is 2.80. The summed E-state index contributed by atoms with van der Waals surface area (Å²) in [6, 6.07) is 0. The van der Waals surface area contributed by atoms with Crippen molar-refractivity contribution < 1.29 is 9.53 Å². The predicted molar refractivity (Wildman–Crippen MR) is 69.9 cm³/mol. The smallest absolute Gasteiger partial charge is 0.242 e. The van der Waals surface area contributed by atoms with E-state index in [1.165, 1.54) is 0 Å². The Bertz CT molecular complexity index is 244.